The number of ether oxygens (including phenoxy) is 3. The monoisotopic (exact) mass is 595 g/mol. The number of halogens is 3. The van der Waals surface area contributed by atoms with E-state index >= 15 is 4.39 Å². The molecule has 2 unspecified atom stereocenters. The SMILES string of the molecule is COc1cc2c(cc1-c1cc(C(N)=O)ncc1F)C1C(CO2)C(C(=O)N2CCOCC2(C)C)=NN1c1cc(F)cc(F)c1. The number of nitrogens with zero attached hydrogens (tertiary/aromatic N) is 4. The molecule has 0 spiro atoms. The summed E-state index contributed by atoms with van der Waals surface area (Å²) >= 11 is 0. The second-order valence-corrected chi connectivity index (χ2v) is 11.1. The normalized spacial score (nSPS) is 20.6. The molecule has 13 heteroatoms. The Bertz CT molecular complexity index is 1660. The largest absolute Gasteiger partial charge is 0.496 e. The van der Waals surface area contributed by atoms with Gasteiger partial charge in [-0.15, -0.1) is 0 Å². The van der Waals surface area contributed by atoms with Crippen LogP contribution in [0.2, 0.25) is 0 Å². The Morgan fingerprint density at radius 3 is 2.49 bits per heavy atom. The first-order chi connectivity index (χ1) is 20.5. The molecule has 0 saturated carbocycles. The Kier molecular flexibility index (Phi) is 6.99. The van der Waals surface area contributed by atoms with Crippen LogP contribution >= 0.6 is 0 Å². The Hall–Kier alpha value is -4.65. The molecule has 43 heavy (non-hydrogen) atoms. The summed E-state index contributed by atoms with van der Waals surface area (Å²) in [7, 11) is 1.40. The quantitative estimate of drug-likeness (QED) is 0.476. The van der Waals surface area contributed by atoms with E-state index in [4.69, 9.17) is 19.9 Å². The molecular formula is C30H28F3N5O5. The second kappa shape index (κ2) is 10.6. The molecule has 3 aliphatic heterocycles. The molecule has 4 heterocycles. The molecule has 2 aromatic carbocycles. The number of rotatable bonds is 5. The molecule has 1 aromatic heterocycles. The molecule has 6 rings (SSSR count). The number of hydrogen-bond donors (Lipinski definition) is 1. The van der Waals surface area contributed by atoms with Crippen molar-refractivity contribution in [2.45, 2.75) is 25.4 Å². The number of aromatic nitrogens is 1. The lowest BCUT2D eigenvalue weighted by molar-refractivity contribution is -0.139. The van der Waals surface area contributed by atoms with Gasteiger partial charge in [-0.1, -0.05) is 0 Å². The van der Waals surface area contributed by atoms with Crippen LogP contribution in [0.3, 0.4) is 0 Å². The molecule has 3 aromatic rings. The number of primary amides is 1. The van der Waals surface area contributed by atoms with E-state index in [0.717, 1.165) is 24.4 Å². The van der Waals surface area contributed by atoms with E-state index in [2.05, 4.69) is 10.1 Å². The van der Waals surface area contributed by atoms with Crippen molar-refractivity contribution in [2.75, 3.05) is 38.5 Å². The van der Waals surface area contributed by atoms with Gasteiger partial charge in [0.25, 0.3) is 11.8 Å². The van der Waals surface area contributed by atoms with Gasteiger partial charge in [0.15, 0.2) is 0 Å². The van der Waals surface area contributed by atoms with Crippen LogP contribution < -0.4 is 20.2 Å². The van der Waals surface area contributed by atoms with Gasteiger partial charge in [0.05, 0.1) is 56.3 Å². The van der Waals surface area contributed by atoms with Gasteiger partial charge in [-0.25, -0.2) is 18.2 Å². The zero-order valence-corrected chi connectivity index (χ0v) is 23.6. The van der Waals surface area contributed by atoms with Gasteiger partial charge in [-0.05, 0) is 38.1 Å². The smallest absolute Gasteiger partial charge is 0.271 e. The van der Waals surface area contributed by atoms with Crippen molar-refractivity contribution >= 4 is 23.2 Å². The van der Waals surface area contributed by atoms with Crippen molar-refractivity contribution in [3.05, 3.63) is 71.3 Å². The highest BCUT2D eigenvalue weighted by atomic mass is 19.1. The second-order valence-electron chi connectivity index (χ2n) is 11.1. The lowest BCUT2D eigenvalue weighted by atomic mass is 9.85. The predicted molar refractivity (Wildman–Crippen MR) is 149 cm³/mol. The third-order valence-electron chi connectivity index (χ3n) is 7.90. The lowest BCUT2D eigenvalue weighted by Gasteiger charge is -2.42. The number of fused-ring (bicyclic) bond motifs is 3. The van der Waals surface area contributed by atoms with Crippen LogP contribution in [0.4, 0.5) is 18.9 Å². The highest BCUT2D eigenvalue weighted by molar-refractivity contribution is 6.40. The summed E-state index contributed by atoms with van der Waals surface area (Å²) < 4.78 is 61.3. The van der Waals surface area contributed by atoms with Gasteiger partial charge < -0.3 is 24.8 Å². The summed E-state index contributed by atoms with van der Waals surface area (Å²) in [5.74, 6) is -3.67. The van der Waals surface area contributed by atoms with E-state index < -0.39 is 40.9 Å². The summed E-state index contributed by atoms with van der Waals surface area (Å²) in [6.45, 7) is 4.80. The topological polar surface area (TPSA) is 120 Å². The zero-order valence-electron chi connectivity index (χ0n) is 23.6. The van der Waals surface area contributed by atoms with Crippen molar-refractivity contribution in [3.8, 4) is 22.6 Å². The molecule has 1 fully saturated rings. The van der Waals surface area contributed by atoms with Crippen molar-refractivity contribution < 1.29 is 37.0 Å². The molecule has 2 amide bonds. The highest BCUT2D eigenvalue weighted by Gasteiger charge is 2.49. The van der Waals surface area contributed by atoms with Gasteiger partial charge in [0, 0.05) is 35.4 Å². The lowest BCUT2D eigenvalue weighted by Crippen LogP contribution is -2.58. The maximum atomic E-state index is 15.1. The number of morpholine rings is 1. The first kappa shape index (κ1) is 28.5. The summed E-state index contributed by atoms with van der Waals surface area (Å²) in [6.07, 6.45) is 0.884. The predicted octanol–water partition coefficient (Wildman–Crippen LogP) is 3.84. The Labute approximate surface area is 244 Å². The third kappa shape index (κ3) is 4.92. The summed E-state index contributed by atoms with van der Waals surface area (Å²) in [5, 5.41) is 6.05. The zero-order chi connectivity index (χ0) is 30.6. The number of amides is 2. The van der Waals surface area contributed by atoms with E-state index in [9.17, 15) is 18.4 Å². The number of nitrogens with two attached hydrogens (primary N) is 1. The van der Waals surface area contributed by atoms with E-state index in [0.29, 0.717) is 31.1 Å². The first-order valence-corrected chi connectivity index (χ1v) is 13.5. The number of methoxy groups -OCH3 is 1. The van der Waals surface area contributed by atoms with Gasteiger partial charge in [-0.2, -0.15) is 5.10 Å². The van der Waals surface area contributed by atoms with Crippen LogP contribution in [-0.2, 0) is 9.53 Å². The number of hydrazone groups is 1. The van der Waals surface area contributed by atoms with Crippen LogP contribution in [0.5, 0.6) is 11.5 Å². The molecule has 2 N–H and O–H groups in total. The van der Waals surface area contributed by atoms with E-state index in [-0.39, 0.29) is 46.5 Å². The molecule has 3 aliphatic rings. The standard InChI is InChI=1S/C30H28F3N5O5/c1-30(2)14-42-5-4-37(30)29(40)26-21-13-43-25-11-24(41-3)19(18-10-23(28(34)39)35-12-22(18)33)9-20(25)27(21)38(36-26)17-7-15(31)6-16(32)8-17/h6-12,21,27H,4-5,13-14H2,1-3H3,(H2,34,39). The Balaban J connectivity index is 1.52. The average molecular weight is 596 g/mol. The fraction of sp³-hybridized carbons (Fsp3) is 0.333. The molecule has 224 valence electrons. The fourth-order valence-electron chi connectivity index (χ4n) is 5.83. The maximum absolute atomic E-state index is 15.1. The van der Waals surface area contributed by atoms with Crippen LogP contribution in [0.15, 0.2) is 47.7 Å². The maximum Gasteiger partial charge on any atom is 0.271 e. The number of pyridine rings is 1. The van der Waals surface area contributed by atoms with Crippen molar-refractivity contribution in [1.82, 2.24) is 9.88 Å². The molecule has 10 nitrogen and oxygen atoms in total. The van der Waals surface area contributed by atoms with Crippen LogP contribution in [0, 0.1) is 23.4 Å². The van der Waals surface area contributed by atoms with Gasteiger partial charge >= 0.3 is 0 Å². The Morgan fingerprint density at radius 1 is 1.07 bits per heavy atom. The summed E-state index contributed by atoms with van der Waals surface area (Å²) in [4.78, 5) is 31.3. The first-order valence-electron chi connectivity index (χ1n) is 13.5. The fourth-order valence-corrected chi connectivity index (χ4v) is 5.83. The molecule has 0 radical (unpaired) electrons. The number of benzene rings is 2. The van der Waals surface area contributed by atoms with E-state index in [1.807, 2.05) is 13.8 Å². The van der Waals surface area contributed by atoms with Crippen molar-refractivity contribution in [3.63, 3.8) is 0 Å². The van der Waals surface area contributed by atoms with Gasteiger partial charge in [0.2, 0.25) is 0 Å². The van der Waals surface area contributed by atoms with Gasteiger partial charge in [0.1, 0.15) is 40.4 Å². The number of anilines is 1. The van der Waals surface area contributed by atoms with Crippen molar-refractivity contribution in [2.24, 2.45) is 16.8 Å². The summed E-state index contributed by atoms with van der Waals surface area (Å²) in [6, 6.07) is 6.58. The molecule has 2 atom stereocenters. The van der Waals surface area contributed by atoms with Crippen LogP contribution in [0.1, 0.15) is 35.9 Å². The summed E-state index contributed by atoms with van der Waals surface area (Å²) in [5.41, 5.74) is 5.52. The number of carbonyl (C=O) groups excluding carboxylic acids is 2. The number of hydrogen-bond acceptors (Lipinski definition) is 8. The van der Waals surface area contributed by atoms with Gasteiger partial charge in [-0.3, -0.25) is 14.6 Å². The van der Waals surface area contributed by atoms with Crippen LogP contribution in [-0.4, -0.2) is 66.4 Å². The van der Waals surface area contributed by atoms with Crippen molar-refractivity contribution in [1.29, 1.82) is 0 Å². The van der Waals surface area contributed by atoms with Crippen LogP contribution in [0.25, 0.3) is 11.1 Å². The molecular weight excluding hydrogens is 567 g/mol. The Morgan fingerprint density at radius 2 is 1.81 bits per heavy atom. The average Bonchev–Trinajstić information content (AvgIpc) is 3.36. The highest BCUT2D eigenvalue weighted by Crippen LogP contribution is 2.50. The third-order valence-corrected chi connectivity index (χ3v) is 7.90. The number of carbonyl (C=O) groups is 2. The molecule has 0 aliphatic carbocycles. The van der Waals surface area contributed by atoms with E-state index in [1.54, 1.807) is 17.0 Å². The minimum Gasteiger partial charge on any atom is -0.496 e. The molecule has 0 bridgehead atoms. The van der Waals surface area contributed by atoms with E-state index in [1.165, 1.54) is 18.2 Å². The molecule has 1 saturated heterocycles. The minimum absolute atomic E-state index is 0.0146. The minimum atomic E-state index is -0.848.